The number of aromatic carboxylic acids is 1. The summed E-state index contributed by atoms with van der Waals surface area (Å²) in [5.74, 6) is 0.0832. The number of rotatable bonds is 4. The third-order valence-corrected chi connectivity index (χ3v) is 3.18. The van der Waals surface area contributed by atoms with Crippen LogP contribution < -0.4 is 0 Å². The number of carboxylic acid groups (broad SMARTS) is 1. The summed E-state index contributed by atoms with van der Waals surface area (Å²) >= 11 is 0. The first-order chi connectivity index (χ1) is 9.33. The normalized spacial score (nSPS) is 12.0. The van der Waals surface area contributed by atoms with Gasteiger partial charge in [0.05, 0.1) is 16.6 Å². The molecular formula is C16H22N2O2. The Kier molecular flexibility index (Phi) is 3.84. The van der Waals surface area contributed by atoms with Gasteiger partial charge in [-0.1, -0.05) is 33.8 Å². The average molecular weight is 274 g/mol. The molecule has 0 saturated carbocycles. The maximum Gasteiger partial charge on any atom is 0.337 e. The van der Waals surface area contributed by atoms with E-state index < -0.39 is 5.97 Å². The summed E-state index contributed by atoms with van der Waals surface area (Å²) < 4.78 is 2.09. The number of aryl methyl sites for hydroxylation is 1. The van der Waals surface area contributed by atoms with Crippen LogP contribution in [0.2, 0.25) is 0 Å². The largest absolute Gasteiger partial charge is 0.478 e. The first-order valence-corrected chi connectivity index (χ1v) is 7.05. The number of carbonyl (C=O) groups is 1. The lowest BCUT2D eigenvalue weighted by Crippen LogP contribution is -2.18. The van der Waals surface area contributed by atoms with Crippen LogP contribution in [0, 0.1) is 5.41 Å². The van der Waals surface area contributed by atoms with Gasteiger partial charge in [0, 0.05) is 13.0 Å². The average Bonchev–Trinajstić information content (AvgIpc) is 2.66. The summed E-state index contributed by atoms with van der Waals surface area (Å²) in [5, 5.41) is 9.40. The van der Waals surface area contributed by atoms with Gasteiger partial charge in [0.2, 0.25) is 0 Å². The molecule has 0 amide bonds. The Morgan fingerprint density at radius 2 is 2.05 bits per heavy atom. The number of aromatic nitrogens is 2. The molecule has 4 heteroatoms. The highest BCUT2D eigenvalue weighted by atomic mass is 16.4. The van der Waals surface area contributed by atoms with Crippen molar-refractivity contribution in [3.63, 3.8) is 0 Å². The number of hydrogen-bond donors (Lipinski definition) is 1. The topological polar surface area (TPSA) is 55.1 Å². The van der Waals surface area contributed by atoms with E-state index in [2.05, 4.69) is 37.2 Å². The highest BCUT2D eigenvalue weighted by Gasteiger charge is 2.21. The molecule has 20 heavy (non-hydrogen) atoms. The molecule has 0 spiro atoms. The summed E-state index contributed by atoms with van der Waals surface area (Å²) in [7, 11) is 0. The van der Waals surface area contributed by atoms with Crippen LogP contribution >= 0.6 is 0 Å². The molecule has 0 aliphatic rings. The Labute approximate surface area is 119 Å². The lowest BCUT2D eigenvalue weighted by molar-refractivity contribution is 0.0698. The molecule has 0 aliphatic heterocycles. The van der Waals surface area contributed by atoms with Gasteiger partial charge < -0.3 is 9.67 Å². The molecule has 1 aromatic heterocycles. The van der Waals surface area contributed by atoms with E-state index >= 15 is 0 Å². The van der Waals surface area contributed by atoms with Gasteiger partial charge in [0.1, 0.15) is 5.82 Å². The van der Waals surface area contributed by atoms with Crippen LogP contribution in [-0.2, 0) is 13.0 Å². The Hall–Kier alpha value is -1.84. The van der Waals surface area contributed by atoms with Gasteiger partial charge in [0.25, 0.3) is 0 Å². The molecule has 0 fully saturated rings. The Morgan fingerprint density at radius 3 is 2.60 bits per heavy atom. The summed E-state index contributed by atoms with van der Waals surface area (Å²) in [4.78, 5) is 16.1. The van der Waals surface area contributed by atoms with Crippen LogP contribution in [0.4, 0.5) is 0 Å². The van der Waals surface area contributed by atoms with Crippen molar-refractivity contribution in [2.45, 2.75) is 47.1 Å². The number of nitrogens with zero attached hydrogens (tertiary/aromatic N) is 2. The van der Waals surface area contributed by atoms with Crippen molar-refractivity contribution >= 4 is 17.0 Å². The zero-order chi connectivity index (χ0) is 14.9. The predicted molar refractivity (Wildman–Crippen MR) is 80.1 cm³/mol. The van der Waals surface area contributed by atoms with Crippen LogP contribution in [0.1, 0.15) is 50.3 Å². The molecule has 2 rings (SSSR count). The van der Waals surface area contributed by atoms with E-state index in [1.54, 1.807) is 12.1 Å². The van der Waals surface area contributed by atoms with Crippen molar-refractivity contribution in [1.29, 1.82) is 0 Å². The van der Waals surface area contributed by atoms with Gasteiger partial charge in [0.15, 0.2) is 0 Å². The molecule has 108 valence electrons. The van der Waals surface area contributed by atoms with Gasteiger partial charge >= 0.3 is 5.97 Å². The minimum atomic E-state index is -0.895. The van der Waals surface area contributed by atoms with Gasteiger partial charge in [-0.05, 0) is 24.0 Å². The van der Waals surface area contributed by atoms with Crippen molar-refractivity contribution in [2.75, 3.05) is 0 Å². The lowest BCUT2D eigenvalue weighted by Gasteiger charge is -2.21. The minimum absolute atomic E-state index is 0.0712. The fraction of sp³-hybridized carbons (Fsp3) is 0.500. The molecule has 0 unspecified atom stereocenters. The van der Waals surface area contributed by atoms with Gasteiger partial charge in [-0.15, -0.1) is 0 Å². The maximum absolute atomic E-state index is 11.5. The first-order valence-electron chi connectivity index (χ1n) is 7.05. The number of para-hydroxylation sites is 1. The zero-order valence-electron chi connectivity index (χ0n) is 12.6. The van der Waals surface area contributed by atoms with Crippen molar-refractivity contribution in [2.24, 2.45) is 5.41 Å². The number of imidazole rings is 1. The van der Waals surface area contributed by atoms with Crippen LogP contribution in [-0.4, -0.2) is 20.6 Å². The smallest absolute Gasteiger partial charge is 0.337 e. The van der Waals surface area contributed by atoms with Crippen LogP contribution in [0.25, 0.3) is 11.0 Å². The van der Waals surface area contributed by atoms with E-state index in [-0.39, 0.29) is 5.41 Å². The molecule has 0 radical (unpaired) electrons. The van der Waals surface area contributed by atoms with Crippen LogP contribution in [0.15, 0.2) is 18.2 Å². The van der Waals surface area contributed by atoms with Crippen molar-refractivity contribution in [3.05, 3.63) is 29.6 Å². The van der Waals surface area contributed by atoms with E-state index in [0.29, 0.717) is 5.56 Å². The fourth-order valence-corrected chi connectivity index (χ4v) is 2.47. The second-order valence-corrected chi connectivity index (χ2v) is 6.40. The second kappa shape index (κ2) is 5.27. The molecule has 1 N–H and O–H groups in total. The molecule has 0 saturated heterocycles. The number of hydrogen-bond acceptors (Lipinski definition) is 2. The predicted octanol–water partition coefficient (Wildman–Crippen LogP) is 3.73. The Morgan fingerprint density at radius 1 is 1.35 bits per heavy atom. The second-order valence-electron chi connectivity index (χ2n) is 6.40. The third-order valence-electron chi connectivity index (χ3n) is 3.18. The lowest BCUT2D eigenvalue weighted by atomic mass is 9.96. The van der Waals surface area contributed by atoms with E-state index in [0.717, 1.165) is 36.2 Å². The summed E-state index contributed by atoms with van der Waals surface area (Å²) in [5.41, 5.74) is 1.93. The van der Waals surface area contributed by atoms with Gasteiger partial charge in [-0.25, -0.2) is 9.78 Å². The Bertz CT molecular complexity index is 636. The van der Waals surface area contributed by atoms with Crippen LogP contribution in [0.3, 0.4) is 0 Å². The Balaban J connectivity index is 2.71. The minimum Gasteiger partial charge on any atom is -0.478 e. The summed E-state index contributed by atoms with van der Waals surface area (Å²) in [6.45, 7) is 9.33. The first kappa shape index (κ1) is 14.6. The standard InChI is InChI=1S/C16H22N2O2/c1-5-7-13-17-12-9-6-8-11(15(19)20)14(12)18(13)10-16(2,3)4/h6,8-9H,5,7,10H2,1-4H3,(H,19,20). The van der Waals surface area contributed by atoms with Crippen molar-refractivity contribution in [3.8, 4) is 0 Å². The highest BCUT2D eigenvalue weighted by molar-refractivity contribution is 6.01. The van der Waals surface area contributed by atoms with E-state index in [4.69, 9.17) is 0 Å². The highest BCUT2D eigenvalue weighted by Crippen LogP contribution is 2.26. The molecule has 1 aromatic carbocycles. The molecule has 4 nitrogen and oxygen atoms in total. The van der Waals surface area contributed by atoms with Crippen molar-refractivity contribution in [1.82, 2.24) is 9.55 Å². The fourth-order valence-electron chi connectivity index (χ4n) is 2.47. The monoisotopic (exact) mass is 274 g/mol. The number of carboxylic acids is 1. The molecule has 1 heterocycles. The number of fused-ring (bicyclic) bond motifs is 1. The van der Waals surface area contributed by atoms with Crippen LogP contribution in [0.5, 0.6) is 0 Å². The SMILES string of the molecule is CCCc1nc2cccc(C(=O)O)c2n1CC(C)(C)C. The summed E-state index contributed by atoms with van der Waals surface area (Å²) in [6.07, 6.45) is 1.86. The zero-order valence-corrected chi connectivity index (χ0v) is 12.6. The molecule has 0 aliphatic carbocycles. The molecular weight excluding hydrogens is 252 g/mol. The van der Waals surface area contributed by atoms with E-state index in [1.165, 1.54) is 0 Å². The third kappa shape index (κ3) is 2.84. The molecule has 2 aromatic rings. The van der Waals surface area contributed by atoms with E-state index in [1.807, 2.05) is 6.07 Å². The quantitative estimate of drug-likeness (QED) is 0.924. The molecule has 0 bridgehead atoms. The van der Waals surface area contributed by atoms with Crippen molar-refractivity contribution < 1.29 is 9.90 Å². The molecule has 0 atom stereocenters. The van der Waals surface area contributed by atoms with Gasteiger partial charge in [-0.2, -0.15) is 0 Å². The number of benzene rings is 1. The summed E-state index contributed by atoms with van der Waals surface area (Å²) in [6, 6.07) is 5.30. The van der Waals surface area contributed by atoms with Gasteiger partial charge in [-0.3, -0.25) is 0 Å². The maximum atomic E-state index is 11.5. The van der Waals surface area contributed by atoms with E-state index in [9.17, 15) is 9.90 Å².